The highest BCUT2D eigenvalue weighted by Crippen LogP contribution is 2.21. The third kappa shape index (κ3) is 5.06. The predicted octanol–water partition coefficient (Wildman–Crippen LogP) is 2.74. The Morgan fingerprint density at radius 3 is 2.66 bits per heavy atom. The lowest BCUT2D eigenvalue weighted by Crippen LogP contribution is -2.31. The molecule has 0 aromatic carbocycles. The van der Waals surface area contributed by atoms with E-state index < -0.39 is 0 Å². The number of hydrogen-bond acceptors (Lipinski definition) is 6. The van der Waals surface area contributed by atoms with Crippen LogP contribution in [0.2, 0.25) is 0 Å². The first-order valence-corrected chi connectivity index (χ1v) is 12.4. The zero-order valence-electron chi connectivity index (χ0n) is 18.5. The van der Waals surface area contributed by atoms with Crippen LogP contribution in [0, 0.1) is 0 Å². The van der Waals surface area contributed by atoms with Crippen LogP contribution in [0.5, 0.6) is 0 Å². The van der Waals surface area contributed by atoms with Crippen LogP contribution >= 0.6 is 11.8 Å². The van der Waals surface area contributed by atoms with E-state index in [1.54, 1.807) is 12.3 Å². The van der Waals surface area contributed by atoms with Crippen LogP contribution in [0.1, 0.15) is 72.1 Å². The van der Waals surface area contributed by atoms with Gasteiger partial charge in [-0.25, -0.2) is 0 Å². The Morgan fingerprint density at radius 1 is 1.09 bits per heavy atom. The van der Waals surface area contributed by atoms with Crippen LogP contribution in [0.4, 0.5) is 0 Å². The number of Topliss-reactive ketones (excluding diaryl/α,β-unsaturated/α-hetero) is 1. The van der Waals surface area contributed by atoms with E-state index in [1.165, 1.54) is 11.8 Å². The van der Waals surface area contributed by atoms with Gasteiger partial charge in [0.1, 0.15) is 5.69 Å². The second-order valence-corrected chi connectivity index (χ2v) is 9.22. The molecule has 0 radical (unpaired) electrons. The van der Waals surface area contributed by atoms with E-state index in [9.17, 15) is 14.4 Å². The molecule has 2 aromatic rings. The molecular weight excluding hydrogens is 428 g/mol. The van der Waals surface area contributed by atoms with E-state index in [1.807, 2.05) is 21.3 Å². The van der Waals surface area contributed by atoms with Gasteiger partial charge in [0.2, 0.25) is 5.91 Å². The first-order valence-electron chi connectivity index (χ1n) is 11.4. The molecule has 0 bridgehead atoms. The number of nitrogens with zero attached hydrogens (tertiary/aromatic N) is 5. The van der Waals surface area contributed by atoms with E-state index >= 15 is 0 Å². The van der Waals surface area contributed by atoms with Crippen LogP contribution < -0.4 is 0 Å². The fourth-order valence-corrected chi connectivity index (χ4v) is 5.14. The Bertz CT molecular complexity index is 978. The molecule has 4 rings (SSSR count). The molecule has 0 saturated carbocycles. The fourth-order valence-electron chi connectivity index (χ4n) is 4.22. The molecule has 0 unspecified atom stereocenters. The number of carbonyl (C=O) groups is 3. The first kappa shape index (κ1) is 22.6. The summed E-state index contributed by atoms with van der Waals surface area (Å²) in [6, 6.07) is 1.64. The van der Waals surface area contributed by atoms with Crippen molar-refractivity contribution >= 4 is 29.4 Å². The van der Waals surface area contributed by atoms with E-state index in [2.05, 4.69) is 15.2 Å². The van der Waals surface area contributed by atoms with Gasteiger partial charge in [0.05, 0.1) is 12.3 Å². The molecular formula is C22H30N6O3S. The van der Waals surface area contributed by atoms with Crippen LogP contribution in [-0.4, -0.2) is 72.5 Å². The normalized spacial score (nSPS) is 17.1. The first-order chi connectivity index (χ1) is 15.6. The number of hydrogen-bond donors (Lipinski definition) is 1. The van der Waals surface area contributed by atoms with Crippen molar-refractivity contribution in [1.82, 2.24) is 29.5 Å². The van der Waals surface area contributed by atoms with Crippen LogP contribution in [-0.2, 0) is 17.9 Å². The van der Waals surface area contributed by atoms with Crippen molar-refractivity contribution in [2.24, 2.45) is 0 Å². The summed E-state index contributed by atoms with van der Waals surface area (Å²) >= 11 is 1.33. The number of aromatic nitrogens is 4. The van der Waals surface area contributed by atoms with Crippen molar-refractivity contribution in [1.29, 1.82) is 0 Å². The Kier molecular flexibility index (Phi) is 7.29. The van der Waals surface area contributed by atoms with Crippen molar-refractivity contribution in [3.8, 4) is 0 Å². The number of H-pyrrole nitrogens is 1. The minimum absolute atomic E-state index is 0.0485. The second kappa shape index (κ2) is 10.3. The Balaban J connectivity index is 1.37. The average Bonchev–Trinajstić information content (AvgIpc) is 3.54. The van der Waals surface area contributed by atoms with Crippen molar-refractivity contribution in [2.45, 2.75) is 63.7 Å². The Hall–Kier alpha value is -2.62. The topological polar surface area (TPSA) is 104 Å². The summed E-state index contributed by atoms with van der Waals surface area (Å²) in [7, 11) is 0. The molecule has 2 aromatic heterocycles. The number of rotatable bonds is 8. The van der Waals surface area contributed by atoms with Gasteiger partial charge >= 0.3 is 0 Å². The largest absolute Gasteiger partial charge is 0.356 e. The molecule has 2 amide bonds. The molecule has 0 aliphatic carbocycles. The molecule has 2 saturated heterocycles. The molecule has 0 spiro atoms. The molecule has 1 N–H and O–H groups in total. The summed E-state index contributed by atoms with van der Waals surface area (Å²) in [5, 5.41) is 9.24. The lowest BCUT2D eigenvalue weighted by Gasteiger charge is -2.20. The average molecular weight is 459 g/mol. The molecule has 172 valence electrons. The van der Waals surface area contributed by atoms with E-state index in [0.717, 1.165) is 57.6 Å². The lowest BCUT2D eigenvalue weighted by atomic mass is 10.2. The second-order valence-electron chi connectivity index (χ2n) is 8.28. The maximum atomic E-state index is 12.7. The molecule has 2 aliphatic rings. The number of aromatic amines is 1. The van der Waals surface area contributed by atoms with Gasteiger partial charge in [-0.05, 0) is 38.7 Å². The third-order valence-electron chi connectivity index (χ3n) is 6.07. The van der Waals surface area contributed by atoms with Gasteiger partial charge < -0.3 is 19.4 Å². The van der Waals surface area contributed by atoms with Crippen molar-refractivity contribution in [3.63, 3.8) is 0 Å². The summed E-state index contributed by atoms with van der Waals surface area (Å²) in [5.74, 6) is 1.01. The maximum absolute atomic E-state index is 12.7. The number of ketones is 1. The zero-order chi connectivity index (χ0) is 22.5. The number of nitrogens with one attached hydrogen (secondary N) is 1. The van der Waals surface area contributed by atoms with Gasteiger partial charge in [0.15, 0.2) is 16.8 Å². The van der Waals surface area contributed by atoms with Crippen LogP contribution in [0.3, 0.4) is 0 Å². The Morgan fingerprint density at radius 2 is 1.88 bits per heavy atom. The molecule has 2 fully saturated rings. The van der Waals surface area contributed by atoms with Gasteiger partial charge in [-0.3, -0.25) is 14.4 Å². The van der Waals surface area contributed by atoms with Gasteiger partial charge in [0.25, 0.3) is 5.91 Å². The summed E-state index contributed by atoms with van der Waals surface area (Å²) in [5.41, 5.74) is 0.958. The standard InChI is InChI=1S/C22H30N6O3S/c1-2-28-19(14-27-11-5-3-4-8-20(27)30)24-25-22(28)32-15-18(29)16-12-17(23-13-16)21(31)26-9-6-7-10-26/h12-13,23H,2-11,14-15H2,1H3. The zero-order valence-corrected chi connectivity index (χ0v) is 19.3. The Labute approximate surface area is 191 Å². The smallest absolute Gasteiger partial charge is 0.270 e. The van der Waals surface area contributed by atoms with Crippen LogP contribution in [0.25, 0.3) is 0 Å². The summed E-state index contributed by atoms with van der Waals surface area (Å²) < 4.78 is 1.97. The number of thioether (sulfide) groups is 1. The SMILES string of the molecule is CCn1c(CN2CCCCCC2=O)nnc1SCC(=O)c1c[nH]c(C(=O)N2CCCC2)c1. The van der Waals surface area contributed by atoms with E-state index in [0.29, 0.717) is 35.9 Å². The summed E-state index contributed by atoms with van der Waals surface area (Å²) in [4.78, 5) is 44.1. The maximum Gasteiger partial charge on any atom is 0.270 e. The molecule has 0 atom stereocenters. The van der Waals surface area contributed by atoms with Gasteiger partial charge in [-0.2, -0.15) is 0 Å². The number of likely N-dealkylation sites (tertiary alicyclic amines) is 2. The number of carbonyl (C=O) groups excluding carboxylic acids is 3. The van der Waals surface area contributed by atoms with Crippen molar-refractivity contribution < 1.29 is 14.4 Å². The molecule has 10 heteroatoms. The highest BCUT2D eigenvalue weighted by molar-refractivity contribution is 7.99. The molecule has 9 nitrogen and oxygen atoms in total. The third-order valence-corrected chi connectivity index (χ3v) is 7.04. The van der Waals surface area contributed by atoms with Gasteiger partial charge in [-0.1, -0.05) is 18.2 Å². The summed E-state index contributed by atoms with van der Waals surface area (Å²) in [6.07, 6.45) is 7.30. The predicted molar refractivity (Wildman–Crippen MR) is 121 cm³/mol. The molecule has 32 heavy (non-hydrogen) atoms. The summed E-state index contributed by atoms with van der Waals surface area (Å²) in [6.45, 7) is 5.42. The van der Waals surface area contributed by atoms with E-state index in [-0.39, 0.29) is 23.4 Å². The van der Waals surface area contributed by atoms with Crippen molar-refractivity contribution in [3.05, 3.63) is 29.3 Å². The van der Waals surface area contributed by atoms with Crippen molar-refractivity contribution in [2.75, 3.05) is 25.4 Å². The number of amides is 2. The fraction of sp³-hybridized carbons (Fsp3) is 0.591. The minimum Gasteiger partial charge on any atom is -0.356 e. The molecule has 2 aliphatic heterocycles. The van der Waals surface area contributed by atoms with Gasteiger partial charge in [0, 0.05) is 44.4 Å². The minimum atomic E-state index is -0.0679. The lowest BCUT2D eigenvalue weighted by molar-refractivity contribution is -0.131. The highest BCUT2D eigenvalue weighted by Gasteiger charge is 2.23. The van der Waals surface area contributed by atoms with Gasteiger partial charge in [-0.15, -0.1) is 10.2 Å². The quantitative estimate of drug-likeness (QED) is 0.482. The molecule has 4 heterocycles. The monoisotopic (exact) mass is 458 g/mol. The van der Waals surface area contributed by atoms with E-state index in [4.69, 9.17) is 0 Å². The highest BCUT2D eigenvalue weighted by atomic mass is 32.2. The van der Waals surface area contributed by atoms with Crippen LogP contribution in [0.15, 0.2) is 17.4 Å².